The Hall–Kier alpha value is -0.900. The highest BCUT2D eigenvalue weighted by atomic mass is 32.2. The maximum Gasteiger partial charge on any atom is 0.435 e. The highest BCUT2D eigenvalue weighted by Gasteiger charge is 2.66. The van der Waals surface area contributed by atoms with Crippen LogP contribution >= 0.6 is 0 Å². The number of carbonyl (C=O) groups is 1. The van der Waals surface area contributed by atoms with Gasteiger partial charge in [-0.25, -0.2) is 0 Å². The predicted molar refractivity (Wildman–Crippen MR) is 61.0 cm³/mol. The average Bonchev–Trinajstić information content (AvgIpc) is 2.23. The molecule has 120 valence electrons. The SMILES string of the molecule is CC(C)C(C)(C)C(=O)OCC(F)(F)C(F)(F)S(=O)(=O)O. The molecule has 0 aliphatic carbocycles. The van der Waals surface area contributed by atoms with Crippen molar-refractivity contribution >= 4 is 16.1 Å². The van der Waals surface area contributed by atoms with Gasteiger partial charge < -0.3 is 4.74 Å². The van der Waals surface area contributed by atoms with Crippen LogP contribution in [0.1, 0.15) is 27.7 Å². The molecule has 0 radical (unpaired) electrons. The van der Waals surface area contributed by atoms with Crippen molar-refractivity contribution in [2.24, 2.45) is 11.3 Å². The first-order valence-electron chi connectivity index (χ1n) is 5.47. The Labute approximate surface area is 114 Å². The van der Waals surface area contributed by atoms with Gasteiger partial charge in [-0.2, -0.15) is 26.0 Å². The Bertz CT molecular complexity index is 470. The minimum atomic E-state index is -6.33. The molecule has 0 heterocycles. The molecule has 0 saturated heterocycles. The molecule has 20 heavy (non-hydrogen) atoms. The van der Waals surface area contributed by atoms with Crippen molar-refractivity contribution in [3.63, 3.8) is 0 Å². The second kappa shape index (κ2) is 5.47. The number of hydrogen-bond donors (Lipinski definition) is 1. The Morgan fingerprint density at radius 1 is 1.20 bits per heavy atom. The fraction of sp³-hybridized carbons (Fsp3) is 0.900. The van der Waals surface area contributed by atoms with E-state index < -0.39 is 39.3 Å². The van der Waals surface area contributed by atoms with Crippen LogP contribution in [0, 0.1) is 11.3 Å². The standard InChI is InChI=1S/C10H16F4O5S/c1-6(2)8(3,4)7(15)19-5-9(11,12)10(13,14)20(16,17)18/h6H,5H2,1-4H3,(H,16,17,18). The molecule has 5 nitrogen and oxygen atoms in total. The van der Waals surface area contributed by atoms with Crippen molar-refractivity contribution in [1.82, 2.24) is 0 Å². The number of alkyl halides is 4. The van der Waals surface area contributed by atoms with Crippen molar-refractivity contribution in [1.29, 1.82) is 0 Å². The summed E-state index contributed by atoms with van der Waals surface area (Å²) in [5, 5.41) is -5.75. The van der Waals surface area contributed by atoms with Crippen molar-refractivity contribution in [3.05, 3.63) is 0 Å². The van der Waals surface area contributed by atoms with Crippen LogP contribution in [0.2, 0.25) is 0 Å². The van der Waals surface area contributed by atoms with Gasteiger partial charge in [-0.1, -0.05) is 13.8 Å². The quantitative estimate of drug-likeness (QED) is 0.461. The Kier molecular flexibility index (Phi) is 5.23. The van der Waals surface area contributed by atoms with Crippen LogP contribution in [-0.4, -0.2) is 36.7 Å². The minimum Gasteiger partial charge on any atom is -0.459 e. The first-order chi connectivity index (χ1) is 8.57. The van der Waals surface area contributed by atoms with E-state index in [1.54, 1.807) is 13.8 Å². The Morgan fingerprint density at radius 3 is 1.90 bits per heavy atom. The van der Waals surface area contributed by atoms with Crippen LogP contribution in [0.5, 0.6) is 0 Å². The van der Waals surface area contributed by atoms with Crippen LogP contribution in [0.15, 0.2) is 0 Å². The van der Waals surface area contributed by atoms with Gasteiger partial charge in [0.15, 0.2) is 6.61 Å². The predicted octanol–water partition coefficient (Wildman–Crippen LogP) is 2.33. The first-order valence-corrected chi connectivity index (χ1v) is 6.91. The van der Waals surface area contributed by atoms with Gasteiger partial charge >= 0.3 is 27.3 Å². The van der Waals surface area contributed by atoms with Crippen LogP contribution in [0.25, 0.3) is 0 Å². The summed E-state index contributed by atoms with van der Waals surface area (Å²) in [4.78, 5) is 11.5. The van der Waals surface area contributed by atoms with Gasteiger partial charge in [0.25, 0.3) is 0 Å². The smallest absolute Gasteiger partial charge is 0.435 e. The largest absolute Gasteiger partial charge is 0.459 e. The number of carbonyl (C=O) groups excluding carboxylic acids is 1. The molecule has 0 aromatic carbocycles. The summed E-state index contributed by atoms with van der Waals surface area (Å²) in [6.07, 6.45) is 0. The summed E-state index contributed by atoms with van der Waals surface area (Å²) in [5.41, 5.74) is -1.22. The maximum absolute atomic E-state index is 13.1. The summed E-state index contributed by atoms with van der Waals surface area (Å²) >= 11 is 0. The van der Waals surface area contributed by atoms with Gasteiger partial charge in [0.05, 0.1) is 5.41 Å². The monoisotopic (exact) mass is 324 g/mol. The van der Waals surface area contributed by atoms with Gasteiger partial charge in [-0.3, -0.25) is 9.35 Å². The number of esters is 1. The lowest BCUT2D eigenvalue weighted by Gasteiger charge is -2.29. The van der Waals surface area contributed by atoms with Gasteiger partial charge in [0, 0.05) is 0 Å². The molecular weight excluding hydrogens is 308 g/mol. The topological polar surface area (TPSA) is 80.7 Å². The molecule has 0 spiro atoms. The second-order valence-corrected chi connectivity index (χ2v) is 6.61. The van der Waals surface area contributed by atoms with Crippen molar-refractivity contribution < 1.29 is 40.1 Å². The summed E-state index contributed by atoms with van der Waals surface area (Å²) in [6, 6.07) is 0. The van der Waals surface area contributed by atoms with Crippen LogP contribution < -0.4 is 0 Å². The van der Waals surface area contributed by atoms with E-state index in [-0.39, 0.29) is 5.92 Å². The first kappa shape index (κ1) is 19.1. The molecule has 0 aromatic heterocycles. The van der Waals surface area contributed by atoms with Crippen molar-refractivity contribution in [2.75, 3.05) is 6.61 Å². The van der Waals surface area contributed by atoms with E-state index in [0.29, 0.717) is 0 Å². The van der Waals surface area contributed by atoms with Gasteiger partial charge in [-0.05, 0) is 19.8 Å². The number of hydrogen-bond acceptors (Lipinski definition) is 4. The molecule has 0 unspecified atom stereocenters. The molecule has 1 N–H and O–H groups in total. The van der Waals surface area contributed by atoms with Crippen molar-refractivity contribution in [3.8, 4) is 0 Å². The normalized spacial score (nSPS) is 14.5. The lowest BCUT2D eigenvalue weighted by Crippen LogP contribution is -2.50. The molecule has 0 atom stereocenters. The summed E-state index contributed by atoms with van der Waals surface area (Å²) in [6.45, 7) is 3.74. The second-order valence-electron chi connectivity index (χ2n) is 5.15. The lowest BCUT2D eigenvalue weighted by atomic mass is 9.81. The molecule has 10 heteroatoms. The zero-order valence-corrected chi connectivity index (χ0v) is 12.1. The third kappa shape index (κ3) is 3.60. The molecule has 0 amide bonds. The van der Waals surface area contributed by atoms with E-state index in [2.05, 4.69) is 4.74 Å². The zero-order chi connectivity index (χ0) is 16.6. The molecule has 0 bridgehead atoms. The summed E-state index contributed by atoms with van der Waals surface area (Å²) in [5.74, 6) is -6.76. The van der Waals surface area contributed by atoms with E-state index >= 15 is 0 Å². The molecule has 0 fully saturated rings. The summed E-state index contributed by atoms with van der Waals surface area (Å²) < 4.78 is 84.5. The molecular formula is C10H16F4O5S. The van der Waals surface area contributed by atoms with Gasteiger partial charge in [0.2, 0.25) is 0 Å². The van der Waals surface area contributed by atoms with Crippen LogP contribution in [-0.2, 0) is 19.6 Å². The molecule has 0 aliphatic rings. The minimum absolute atomic E-state index is 0.328. The third-order valence-electron chi connectivity index (χ3n) is 3.10. The highest BCUT2D eigenvalue weighted by Crippen LogP contribution is 2.39. The molecule has 0 rings (SSSR count). The number of ether oxygens (including phenoxy) is 1. The average molecular weight is 324 g/mol. The Morgan fingerprint density at radius 2 is 1.60 bits per heavy atom. The van der Waals surface area contributed by atoms with E-state index in [4.69, 9.17) is 4.55 Å². The highest BCUT2D eigenvalue weighted by molar-refractivity contribution is 7.87. The fourth-order valence-corrected chi connectivity index (χ4v) is 1.29. The Balaban J connectivity index is 5.04. The van der Waals surface area contributed by atoms with Crippen LogP contribution in [0.3, 0.4) is 0 Å². The number of rotatable bonds is 6. The van der Waals surface area contributed by atoms with E-state index in [1.807, 2.05) is 0 Å². The molecule has 0 aliphatic heterocycles. The van der Waals surface area contributed by atoms with Gasteiger partial charge in [-0.15, -0.1) is 0 Å². The van der Waals surface area contributed by atoms with Gasteiger partial charge in [0.1, 0.15) is 0 Å². The number of halogens is 4. The molecule has 0 saturated carbocycles. The molecule has 0 aromatic rings. The maximum atomic E-state index is 13.1. The van der Waals surface area contributed by atoms with E-state index in [9.17, 15) is 30.8 Å². The fourth-order valence-electron chi connectivity index (χ4n) is 0.851. The van der Waals surface area contributed by atoms with Crippen LogP contribution in [0.4, 0.5) is 17.6 Å². The van der Waals surface area contributed by atoms with Crippen molar-refractivity contribution in [2.45, 2.75) is 38.9 Å². The zero-order valence-electron chi connectivity index (χ0n) is 11.3. The summed E-state index contributed by atoms with van der Waals surface area (Å²) in [7, 11) is -6.33. The lowest BCUT2D eigenvalue weighted by molar-refractivity contribution is -0.202. The van der Waals surface area contributed by atoms with E-state index in [0.717, 1.165) is 0 Å². The van der Waals surface area contributed by atoms with E-state index in [1.165, 1.54) is 13.8 Å². The third-order valence-corrected chi connectivity index (χ3v) is 4.05.